The van der Waals surface area contributed by atoms with Crippen LogP contribution in [-0.2, 0) is 0 Å². The van der Waals surface area contributed by atoms with Crippen molar-refractivity contribution in [2.24, 2.45) is 0 Å². The number of benzene rings is 1. The normalized spacial score (nSPS) is 17.7. The molecular weight excluding hydrogens is 250 g/mol. The van der Waals surface area contributed by atoms with Crippen molar-refractivity contribution >= 4 is 17.5 Å². The van der Waals surface area contributed by atoms with Crippen molar-refractivity contribution in [3.05, 3.63) is 34.3 Å². The molecule has 1 saturated carbocycles. The van der Waals surface area contributed by atoms with Crippen molar-refractivity contribution in [1.29, 1.82) is 0 Å². The first-order chi connectivity index (χ1) is 8.56. The Bertz CT molecular complexity index is 453. The Labute approximate surface area is 112 Å². The Morgan fingerprint density at radius 3 is 2.67 bits per heavy atom. The number of hydrogen-bond donors (Lipinski definition) is 2. The SMILES string of the molecule is Cc1cc(Cl)ccc1C(=O)NC1(CO)CCCC1. The van der Waals surface area contributed by atoms with Gasteiger partial charge in [0.1, 0.15) is 0 Å². The third-order valence-corrected chi connectivity index (χ3v) is 3.91. The first kappa shape index (κ1) is 13.4. The molecule has 0 aliphatic heterocycles. The second kappa shape index (κ2) is 5.29. The Morgan fingerprint density at radius 1 is 1.44 bits per heavy atom. The summed E-state index contributed by atoms with van der Waals surface area (Å²) in [5.41, 5.74) is 1.05. The van der Waals surface area contributed by atoms with Crippen molar-refractivity contribution in [3.63, 3.8) is 0 Å². The van der Waals surface area contributed by atoms with Gasteiger partial charge < -0.3 is 10.4 Å². The second-order valence-corrected chi connectivity index (χ2v) is 5.50. The molecule has 1 fully saturated rings. The van der Waals surface area contributed by atoms with Crippen molar-refractivity contribution < 1.29 is 9.90 Å². The molecule has 2 rings (SSSR count). The third kappa shape index (κ3) is 2.68. The van der Waals surface area contributed by atoms with Crippen molar-refractivity contribution in [3.8, 4) is 0 Å². The monoisotopic (exact) mass is 267 g/mol. The van der Waals surface area contributed by atoms with E-state index in [1.165, 1.54) is 0 Å². The van der Waals surface area contributed by atoms with E-state index >= 15 is 0 Å². The van der Waals surface area contributed by atoms with Crippen LogP contribution in [0.2, 0.25) is 5.02 Å². The molecule has 18 heavy (non-hydrogen) atoms. The molecule has 3 nitrogen and oxygen atoms in total. The number of halogens is 1. The zero-order valence-electron chi connectivity index (χ0n) is 10.5. The Kier molecular flexibility index (Phi) is 3.93. The van der Waals surface area contributed by atoms with E-state index < -0.39 is 5.54 Å². The average molecular weight is 268 g/mol. The lowest BCUT2D eigenvalue weighted by molar-refractivity contribution is 0.0838. The molecule has 1 aliphatic carbocycles. The highest BCUT2D eigenvalue weighted by Crippen LogP contribution is 2.29. The Balaban J connectivity index is 2.16. The van der Waals surface area contributed by atoms with Gasteiger partial charge in [-0.2, -0.15) is 0 Å². The zero-order valence-corrected chi connectivity index (χ0v) is 11.3. The molecule has 0 heterocycles. The summed E-state index contributed by atoms with van der Waals surface area (Å²) >= 11 is 5.87. The van der Waals surface area contributed by atoms with Gasteiger partial charge in [-0.05, 0) is 43.5 Å². The fourth-order valence-corrected chi connectivity index (χ4v) is 2.79. The number of hydrogen-bond acceptors (Lipinski definition) is 2. The number of rotatable bonds is 3. The van der Waals surface area contributed by atoms with E-state index in [-0.39, 0.29) is 12.5 Å². The van der Waals surface area contributed by atoms with Gasteiger partial charge in [-0.25, -0.2) is 0 Å². The highest BCUT2D eigenvalue weighted by Gasteiger charge is 2.34. The molecule has 2 N–H and O–H groups in total. The average Bonchev–Trinajstić information content (AvgIpc) is 2.78. The van der Waals surface area contributed by atoms with E-state index in [1.807, 2.05) is 6.92 Å². The van der Waals surface area contributed by atoms with Crippen molar-refractivity contribution in [2.75, 3.05) is 6.61 Å². The molecule has 1 aliphatic rings. The molecule has 0 spiro atoms. The molecule has 1 aromatic rings. The summed E-state index contributed by atoms with van der Waals surface area (Å²) in [6.45, 7) is 1.87. The van der Waals surface area contributed by atoms with E-state index in [0.29, 0.717) is 10.6 Å². The van der Waals surface area contributed by atoms with Crippen LogP contribution in [0.1, 0.15) is 41.6 Å². The van der Waals surface area contributed by atoms with Gasteiger partial charge >= 0.3 is 0 Å². The van der Waals surface area contributed by atoms with Gasteiger partial charge in [0.2, 0.25) is 0 Å². The second-order valence-electron chi connectivity index (χ2n) is 5.06. The standard InChI is InChI=1S/C14H18ClNO2/c1-10-8-11(15)4-5-12(10)13(18)16-14(9-17)6-2-3-7-14/h4-5,8,17H,2-3,6-7,9H2,1H3,(H,16,18). The van der Waals surface area contributed by atoms with Crippen molar-refractivity contribution in [1.82, 2.24) is 5.32 Å². The lowest BCUT2D eigenvalue weighted by Gasteiger charge is -2.28. The number of aryl methyl sites for hydroxylation is 1. The predicted octanol–water partition coefficient (Wildman–Crippen LogP) is 2.68. The quantitative estimate of drug-likeness (QED) is 0.885. The van der Waals surface area contributed by atoms with Gasteiger partial charge in [0, 0.05) is 10.6 Å². The van der Waals surface area contributed by atoms with Gasteiger partial charge in [0.25, 0.3) is 5.91 Å². The van der Waals surface area contributed by atoms with Gasteiger partial charge in [-0.1, -0.05) is 24.4 Å². The lowest BCUT2D eigenvalue weighted by Crippen LogP contribution is -2.49. The molecule has 0 aromatic heterocycles. The van der Waals surface area contributed by atoms with Gasteiger partial charge in [0.05, 0.1) is 12.1 Å². The van der Waals surface area contributed by atoms with Gasteiger partial charge in [-0.15, -0.1) is 0 Å². The van der Waals surface area contributed by atoms with E-state index in [1.54, 1.807) is 18.2 Å². The maximum atomic E-state index is 12.2. The summed E-state index contributed by atoms with van der Waals surface area (Å²) in [7, 11) is 0. The lowest BCUT2D eigenvalue weighted by atomic mass is 9.97. The minimum Gasteiger partial charge on any atom is -0.394 e. The largest absolute Gasteiger partial charge is 0.394 e. The summed E-state index contributed by atoms with van der Waals surface area (Å²) < 4.78 is 0. The van der Waals surface area contributed by atoms with Crippen LogP contribution in [0.15, 0.2) is 18.2 Å². The Hall–Kier alpha value is -1.06. The minimum absolute atomic E-state index is 0.00533. The van der Waals surface area contributed by atoms with Gasteiger partial charge in [0.15, 0.2) is 0 Å². The fraction of sp³-hybridized carbons (Fsp3) is 0.500. The van der Waals surface area contributed by atoms with E-state index in [4.69, 9.17) is 11.6 Å². The highest BCUT2D eigenvalue weighted by molar-refractivity contribution is 6.30. The molecule has 1 aromatic carbocycles. The van der Waals surface area contributed by atoms with Gasteiger partial charge in [-0.3, -0.25) is 4.79 Å². The van der Waals surface area contributed by atoms with Crippen molar-refractivity contribution in [2.45, 2.75) is 38.1 Å². The van der Waals surface area contributed by atoms with Crippen LogP contribution in [0.5, 0.6) is 0 Å². The number of nitrogens with one attached hydrogen (secondary N) is 1. The number of carbonyl (C=O) groups is 1. The topological polar surface area (TPSA) is 49.3 Å². The van der Waals surface area contributed by atoms with E-state index in [0.717, 1.165) is 31.2 Å². The molecule has 0 unspecified atom stereocenters. The smallest absolute Gasteiger partial charge is 0.252 e. The Morgan fingerprint density at radius 2 is 2.11 bits per heavy atom. The summed E-state index contributed by atoms with van der Waals surface area (Å²) in [4.78, 5) is 12.2. The van der Waals surface area contributed by atoms with Crippen LogP contribution in [-0.4, -0.2) is 23.2 Å². The molecule has 0 radical (unpaired) electrons. The van der Waals surface area contributed by atoms with Crippen LogP contribution < -0.4 is 5.32 Å². The molecule has 0 saturated heterocycles. The first-order valence-corrected chi connectivity index (χ1v) is 6.64. The summed E-state index contributed by atoms with van der Waals surface area (Å²) in [5.74, 6) is -0.125. The molecular formula is C14H18ClNO2. The molecule has 0 bridgehead atoms. The number of aliphatic hydroxyl groups excluding tert-OH is 1. The van der Waals surface area contributed by atoms with Crippen LogP contribution in [0.4, 0.5) is 0 Å². The third-order valence-electron chi connectivity index (χ3n) is 3.68. The molecule has 0 atom stereocenters. The molecule has 98 valence electrons. The number of amides is 1. The molecule has 4 heteroatoms. The number of carbonyl (C=O) groups excluding carboxylic acids is 1. The first-order valence-electron chi connectivity index (χ1n) is 6.26. The van der Waals surface area contributed by atoms with E-state index in [9.17, 15) is 9.90 Å². The maximum absolute atomic E-state index is 12.2. The highest BCUT2D eigenvalue weighted by atomic mass is 35.5. The number of aliphatic hydroxyl groups is 1. The predicted molar refractivity (Wildman–Crippen MR) is 71.9 cm³/mol. The maximum Gasteiger partial charge on any atom is 0.252 e. The van der Waals surface area contributed by atoms with Crippen LogP contribution >= 0.6 is 11.6 Å². The molecule has 1 amide bonds. The van der Waals surface area contributed by atoms with Crippen LogP contribution in [0.3, 0.4) is 0 Å². The summed E-state index contributed by atoms with van der Waals surface area (Å²) in [5, 5.41) is 13.1. The summed E-state index contributed by atoms with van der Waals surface area (Å²) in [6, 6.07) is 5.22. The fourth-order valence-electron chi connectivity index (χ4n) is 2.56. The summed E-state index contributed by atoms with van der Waals surface area (Å²) in [6.07, 6.45) is 3.81. The van der Waals surface area contributed by atoms with E-state index in [2.05, 4.69) is 5.32 Å². The van der Waals surface area contributed by atoms with Crippen LogP contribution in [0.25, 0.3) is 0 Å². The van der Waals surface area contributed by atoms with Crippen LogP contribution in [0, 0.1) is 6.92 Å². The zero-order chi connectivity index (χ0) is 13.2. The minimum atomic E-state index is -0.427.